The highest BCUT2D eigenvalue weighted by Gasteiger charge is 2.30. The van der Waals surface area contributed by atoms with E-state index in [2.05, 4.69) is 37.3 Å². The second-order valence-corrected chi connectivity index (χ2v) is 10.8. The summed E-state index contributed by atoms with van der Waals surface area (Å²) < 4.78 is 1.31. The number of aromatic nitrogens is 5. The smallest absolute Gasteiger partial charge is 0.270 e. The van der Waals surface area contributed by atoms with Crippen LogP contribution in [-0.4, -0.2) is 50.1 Å². The van der Waals surface area contributed by atoms with Crippen molar-refractivity contribution in [1.82, 2.24) is 24.6 Å². The van der Waals surface area contributed by atoms with Gasteiger partial charge in [0.15, 0.2) is 10.8 Å². The van der Waals surface area contributed by atoms with Crippen molar-refractivity contribution < 1.29 is 4.79 Å². The van der Waals surface area contributed by atoms with Gasteiger partial charge in [-0.05, 0) is 49.1 Å². The van der Waals surface area contributed by atoms with E-state index < -0.39 is 11.5 Å². The van der Waals surface area contributed by atoms with Crippen molar-refractivity contribution in [3.8, 4) is 0 Å². The number of nitrogen functional groups attached to an aromatic ring is 1. The second kappa shape index (κ2) is 10.6. The quantitative estimate of drug-likeness (QED) is 0.325. The van der Waals surface area contributed by atoms with Crippen LogP contribution < -0.4 is 27.2 Å². The molecule has 0 radical (unpaired) electrons. The summed E-state index contributed by atoms with van der Waals surface area (Å²) in [5.74, 6) is 0.0867. The fourth-order valence-corrected chi connectivity index (χ4v) is 5.21. The molecule has 5 rings (SSSR count). The fourth-order valence-electron chi connectivity index (χ4n) is 4.14. The van der Waals surface area contributed by atoms with Crippen LogP contribution in [0, 0.1) is 5.41 Å². The molecule has 0 bridgehead atoms. The summed E-state index contributed by atoms with van der Waals surface area (Å²) in [6.07, 6.45) is 4.69. The summed E-state index contributed by atoms with van der Waals surface area (Å²) in [6, 6.07) is 10.3. The standard InChI is InChI=1S/C25H26ClN9O2S/c1-25(14-27)8-11-34(12-9-25)24-31-20(28)22(32-33-24)38-17-6-4-5-16(19(17)26)30-21(36)15-13-29-18-7-2-3-10-35(18)23(15)37/h2-7,10,13H,8-9,11-12,14,27H2,1H3,(H,30,36)(H2,28,31,33). The van der Waals surface area contributed by atoms with Gasteiger partial charge in [0.05, 0.1) is 10.7 Å². The van der Waals surface area contributed by atoms with Crippen molar-refractivity contribution in [2.45, 2.75) is 29.7 Å². The third kappa shape index (κ3) is 5.15. The minimum atomic E-state index is -0.623. The van der Waals surface area contributed by atoms with Crippen LogP contribution in [0.5, 0.6) is 0 Å². The largest absolute Gasteiger partial charge is 0.381 e. The first-order valence-electron chi connectivity index (χ1n) is 12.0. The van der Waals surface area contributed by atoms with Crippen molar-refractivity contribution >= 4 is 52.4 Å². The minimum Gasteiger partial charge on any atom is -0.381 e. The molecule has 1 aliphatic heterocycles. The first-order valence-corrected chi connectivity index (χ1v) is 13.2. The second-order valence-electron chi connectivity index (χ2n) is 9.38. The van der Waals surface area contributed by atoms with Crippen LogP contribution in [0.25, 0.3) is 5.65 Å². The van der Waals surface area contributed by atoms with E-state index in [-0.39, 0.29) is 21.8 Å². The number of rotatable bonds is 6. The van der Waals surface area contributed by atoms with E-state index in [4.69, 9.17) is 23.1 Å². The summed E-state index contributed by atoms with van der Waals surface area (Å²) in [4.78, 5) is 37.0. The molecule has 1 aliphatic rings. The number of anilines is 3. The molecule has 0 aliphatic carbocycles. The van der Waals surface area contributed by atoms with Crippen molar-refractivity contribution in [2.75, 3.05) is 35.6 Å². The lowest BCUT2D eigenvalue weighted by atomic mass is 9.81. The Balaban J connectivity index is 1.32. The van der Waals surface area contributed by atoms with Gasteiger partial charge >= 0.3 is 0 Å². The van der Waals surface area contributed by atoms with Crippen LogP contribution >= 0.6 is 23.4 Å². The van der Waals surface area contributed by atoms with Crippen molar-refractivity contribution in [2.24, 2.45) is 11.1 Å². The van der Waals surface area contributed by atoms with Gasteiger partial charge in [-0.1, -0.05) is 42.4 Å². The number of piperidine rings is 1. The third-order valence-corrected chi connectivity index (χ3v) is 8.26. The Labute approximate surface area is 227 Å². The molecule has 0 saturated carbocycles. The van der Waals surface area contributed by atoms with E-state index in [0.717, 1.165) is 25.9 Å². The number of nitrogens with zero attached hydrogens (tertiary/aromatic N) is 6. The summed E-state index contributed by atoms with van der Waals surface area (Å²) in [6.45, 7) is 4.40. The number of benzene rings is 1. The number of halogens is 1. The van der Waals surface area contributed by atoms with Gasteiger partial charge in [0, 0.05) is 30.4 Å². The molecule has 13 heteroatoms. The van der Waals surface area contributed by atoms with E-state index in [9.17, 15) is 9.59 Å². The van der Waals surface area contributed by atoms with Crippen LogP contribution in [0.2, 0.25) is 5.02 Å². The monoisotopic (exact) mass is 551 g/mol. The first-order chi connectivity index (χ1) is 18.3. The van der Waals surface area contributed by atoms with E-state index in [1.807, 2.05) is 0 Å². The lowest BCUT2D eigenvalue weighted by Gasteiger charge is -2.38. The van der Waals surface area contributed by atoms with Crippen LogP contribution in [-0.2, 0) is 0 Å². The summed E-state index contributed by atoms with van der Waals surface area (Å²) in [5, 5.41) is 11.9. The number of hydrogen-bond acceptors (Lipinski definition) is 10. The van der Waals surface area contributed by atoms with Gasteiger partial charge in [0.1, 0.15) is 11.2 Å². The summed E-state index contributed by atoms with van der Waals surface area (Å²) in [5.41, 5.74) is 12.4. The molecule has 0 atom stereocenters. The molecule has 38 heavy (non-hydrogen) atoms. The SMILES string of the molecule is CC1(CN)CCN(c2nnc(Sc3cccc(NC(=O)c4cnc5ccccn5c4=O)c3Cl)c(N)n2)CC1. The number of nitrogens with two attached hydrogens (primary N) is 2. The molecule has 3 aromatic heterocycles. The summed E-state index contributed by atoms with van der Waals surface area (Å²) in [7, 11) is 0. The van der Waals surface area contributed by atoms with Gasteiger partial charge in [-0.3, -0.25) is 14.0 Å². The minimum absolute atomic E-state index is 0.109. The number of carbonyl (C=O) groups excluding carboxylic acids is 1. The Bertz CT molecular complexity index is 1570. The van der Waals surface area contributed by atoms with Gasteiger partial charge in [-0.25, -0.2) is 4.98 Å². The highest BCUT2D eigenvalue weighted by molar-refractivity contribution is 7.99. The molecule has 0 unspecified atom stereocenters. The molecule has 0 spiro atoms. The van der Waals surface area contributed by atoms with E-state index >= 15 is 0 Å². The Morgan fingerprint density at radius 1 is 1.18 bits per heavy atom. The molecule has 4 aromatic rings. The predicted molar refractivity (Wildman–Crippen MR) is 148 cm³/mol. The Kier molecular flexibility index (Phi) is 7.19. The molecule has 1 aromatic carbocycles. The highest BCUT2D eigenvalue weighted by atomic mass is 35.5. The average molecular weight is 552 g/mol. The molecule has 1 saturated heterocycles. The molecule has 1 fully saturated rings. The molecule has 11 nitrogen and oxygen atoms in total. The number of pyridine rings is 1. The van der Waals surface area contributed by atoms with E-state index in [1.165, 1.54) is 22.4 Å². The number of nitrogens with one attached hydrogen (secondary N) is 1. The Hall–Kier alpha value is -3.74. The van der Waals surface area contributed by atoms with Gasteiger partial charge < -0.3 is 21.7 Å². The van der Waals surface area contributed by atoms with E-state index in [0.29, 0.717) is 33.7 Å². The highest BCUT2D eigenvalue weighted by Crippen LogP contribution is 2.38. The molecular weight excluding hydrogens is 526 g/mol. The van der Waals surface area contributed by atoms with Crippen molar-refractivity contribution in [1.29, 1.82) is 0 Å². The maximum atomic E-state index is 12.9. The van der Waals surface area contributed by atoms with Crippen molar-refractivity contribution in [3.63, 3.8) is 0 Å². The Morgan fingerprint density at radius 3 is 2.71 bits per heavy atom. The van der Waals surface area contributed by atoms with Crippen LogP contribution in [0.4, 0.5) is 17.5 Å². The molecule has 4 heterocycles. The summed E-state index contributed by atoms with van der Waals surface area (Å²) >= 11 is 7.79. The number of hydrogen-bond donors (Lipinski definition) is 3. The first kappa shape index (κ1) is 25.9. The predicted octanol–water partition coefficient (Wildman–Crippen LogP) is 3.08. The normalized spacial score (nSPS) is 15.0. The van der Waals surface area contributed by atoms with Crippen LogP contribution in [0.1, 0.15) is 30.1 Å². The van der Waals surface area contributed by atoms with Crippen molar-refractivity contribution in [3.05, 3.63) is 69.7 Å². The molecule has 196 valence electrons. The zero-order chi connectivity index (χ0) is 26.9. The maximum absolute atomic E-state index is 12.9. The lowest BCUT2D eigenvalue weighted by molar-refractivity contribution is 0.102. The van der Waals surface area contributed by atoms with Gasteiger partial charge in [0.25, 0.3) is 11.5 Å². The number of carbonyl (C=O) groups is 1. The average Bonchev–Trinajstić information content (AvgIpc) is 2.92. The molecule has 5 N–H and O–H groups in total. The zero-order valence-corrected chi connectivity index (χ0v) is 22.2. The van der Waals surface area contributed by atoms with Crippen LogP contribution in [0.15, 0.2) is 63.5 Å². The lowest BCUT2D eigenvalue weighted by Crippen LogP contribution is -2.43. The molecule has 1 amide bonds. The van der Waals surface area contributed by atoms with Gasteiger partial charge in [0.2, 0.25) is 5.95 Å². The molecular formula is C25H26ClN9O2S. The van der Waals surface area contributed by atoms with Crippen LogP contribution in [0.3, 0.4) is 0 Å². The Morgan fingerprint density at radius 2 is 1.97 bits per heavy atom. The number of amides is 1. The van der Waals surface area contributed by atoms with E-state index in [1.54, 1.807) is 42.6 Å². The maximum Gasteiger partial charge on any atom is 0.270 e. The van der Waals surface area contributed by atoms with Gasteiger partial charge in [-0.2, -0.15) is 4.98 Å². The third-order valence-electron chi connectivity index (χ3n) is 6.69. The number of fused-ring (bicyclic) bond motifs is 1. The topological polar surface area (TPSA) is 157 Å². The zero-order valence-electron chi connectivity index (χ0n) is 20.6. The fraction of sp³-hybridized carbons (Fsp3) is 0.280. The van der Waals surface area contributed by atoms with Gasteiger partial charge in [-0.15, -0.1) is 10.2 Å².